The van der Waals surface area contributed by atoms with Crippen LogP contribution < -0.4 is 5.32 Å². The number of nitrogens with one attached hydrogen (secondary N) is 1. The smallest absolute Gasteiger partial charge is 0.251 e. The number of carbonyl (C=O) groups is 1. The molecule has 2 aliphatic carbocycles. The van der Waals surface area contributed by atoms with Gasteiger partial charge < -0.3 is 15.5 Å². The molecule has 8 heteroatoms. The quantitative estimate of drug-likeness (QED) is 0.723. The summed E-state index contributed by atoms with van der Waals surface area (Å²) in [6.07, 6.45) is 2.87. The van der Waals surface area contributed by atoms with E-state index in [0.717, 1.165) is 18.5 Å². The first kappa shape index (κ1) is 18.8. The Hall–Kier alpha value is -1.96. The Labute approximate surface area is 157 Å². The maximum atomic E-state index is 12.3. The molecular weight excluding hydrogens is 356 g/mol. The summed E-state index contributed by atoms with van der Waals surface area (Å²) in [5.41, 5.74) is 1.54. The molecule has 3 N–H and O–H groups in total. The summed E-state index contributed by atoms with van der Waals surface area (Å²) in [6, 6.07) is 8.40. The Kier molecular flexibility index (Phi) is 5.60. The van der Waals surface area contributed by atoms with E-state index in [4.69, 9.17) is 0 Å². The highest BCUT2D eigenvalue weighted by Gasteiger charge is 2.42. The monoisotopic (exact) mass is 378 g/mol. The van der Waals surface area contributed by atoms with Crippen molar-refractivity contribution in [2.75, 3.05) is 0 Å². The summed E-state index contributed by atoms with van der Waals surface area (Å²) in [5, 5.41) is 31.8. The zero-order chi connectivity index (χ0) is 17.4. The summed E-state index contributed by atoms with van der Waals surface area (Å²) in [4.78, 5) is 12.3. The van der Waals surface area contributed by atoms with Crippen molar-refractivity contribution < 1.29 is 15.0 Å². The number of aliphatic hydroxyl groups excluding tert-OH is 2. The molecule has 4 atom stereocenters. The number of carbonyl (C=O) groups excluding carboxylic acids is 1. The van der Waals surface area contributed by atoms with Gasteiger partial charge in [0.25, 0.3) is 5.91 Å². The SMILES string of the molecule is Cl.O=C(N[C@@H]1C[C@H](Cn2cc(C3CC3)nn2)[C@@H](O)[C@H]1O)c1ccccc1. The van der Waals surface area contributed by atoms with Crippen LogP contribution in [0, 0.1) is 5.92 Å². The summed E-state index contributed by atoms with van der Waals surface area (Å²) in [5.74, 6) is 0.116. The van der Waals surface area contributed by atoms with Crippen LogP contribution in [0.5, 0.6) is 0 Å². The van der Waals surface area contributed by atoms with Gasteiger partial charge in [-0.05, 0) is 31.4 Å². The minimum Gasteiger partial charge on any atom is -0.390 e. The lowest BCUT2D eigenvalue weighted by molar-refractivity contribution is 0.00762. The fourth-order valence-corrected chi connectivity index (χ4v) is 3.50. The minimum atomic E-state index is -0.982. The zero-order valence-corrected chi connectivity index (χ0v) is 15.0. The highest BCUT2D eigenvalue weighted by molar-refractivity contribution is 5.94. The highest BCUT2D eigenvalue weighted by atomic mass is 35.5. The highest BCUT2D eigenvalue weighted by Crippen LogP contribution is 2.38. The summed E-state index contributed by atoms with van der Waals surface area (Å²) < 4.78 is 1.73. The van der Waals surface area contributed by atoms with E-state index in [1.54, 1.807) is 28.9 Å². The van der Waals surface area contributed by atoms with Gasteiger partial charge in [-0.1, -0.05) is 23.4 Å². The van der Waals surface area contributed by atoms with Crippen molar-refractivity contribution in [3.05, 3.63) is 47.8 Å². The van der Waals surface area contributed by atoms with E-state index in [1.807, 2.05) is 12.3 Å². The first-order valence-electron chi connectivity index (χ1n) is 8.74. The lowest BCUT2D eigenvalue weighted by atomic mass is 10.1. The first-order valence-corrected chi connectivity index (χ1v) is 8.74. The van der Waals surface area contributed by atoms with Crippen molar-refractivity contribution in [1.82, 2.24) is 20.3 Å². The van der Waals surface area contributed by atoms with E-state index in [9.17, 15) is 15.0 Å². The molecule has 0 bridgehead atoms. The van der Waals surface area contributed by atoms with E-state index in [0.29, 0.717) is 24.4 Å². The molecule has 2 aromatic rings. The lowest BCUT2D eigenvalue weighted by Gasteiger charge is -2.18. The Bertz CT molecular complexity index is 750. The molecule has 2 saturated carbocycles. The van der Waals surface area contributed by atoms with Gasteiger partial charge in [0, 0.05) is 30.1 Å². The maximum absolute atomic E-state index is 12.3. The Morgan fingerprint density at radius 2 is 1.92 bits per heavy atom. The summed E-state index contributed by atoms with van der Waals surface area (Å²) in [6.45, 7) is 0.482. The lowest BCUT2D eigenvalue weighted by Crippen LogP contribution is -2.43. The second-order valence-corrected chi connectivity index (χ2v) is 7.06. The molecule has 2 fully saturated rings. The molecular formula is C18H23ClN4O3. The van der Waals surface area contributed by atoms with E-state index in [1.165, 1.54) is 0 Å². The van der Waals surface area contributed by atoms with Crippen LogP contribution in [0.4, 0.5) is 0 Å². The molecule has 0 spiro atoms. The van der Waals surface area contributed by atoms with Gasteiger partial charge >= 0.3 is 0 Å². The van der Waals surface area contributed by atoms with E-state index in [-0.39, 0.29) is 24.2 Å². The molecule has 7 nitrogen and oxygen atoms in total. The van der Waals surface area contributed by atoms with E-state index >= 15 is 0 Å². The van der Waals surface area contributed by atoms with Gasteiger partial charge in [-0.2, -0.15) is 0 Å². The average Bonchev–Trinajstić information content (AvgIpc) is 3.33. The van der Waals surface area contributed by atoms with Gasteiger partial charge in [0.1, 0.15) is 6.10 Å². The molecule has 1 aromatic heterocycles. The average molecular weight is 379 g/mol. The number of hydrogen-bond donors (Lipinski definition) is 3. The van der Waals surface area contributed by atoms with Gasteiger partial charge in [-0.15, -0.1) is 17.5 Å². The van der Waals surface area contributed by atoms with Crippen molar-refractivity contribution >= 4 is 18.3 Å². The molecule has 0 unspecified atom stereocenters. The fourth-order valence-electron chi connectivity index (χ4n) is 3.50. The predicted molar refractivity (Wildman–Crippen MR) is 97.1 cm³/mol. The Morgan fingerprint density at radius 3 is 2.62 bits per heavy atom. The first-order chi connectivity index (χ1) is 12.1. The number of halogens is 1. The van der Waals surface area contributed by atoms with Gasteiger partial charge in [-0.3, -0.25) is 9.48 Å². The van der Waals surface area contributed by atoms with Crippen LogP contribution in [0.2, 0.25) is 0 Å². The second-order valence-electron chi connectivity index (χ2n) is 7.06. The Balaban J connectivity index is 0.00000196. The maximum Gasteiger partial charge on any atom is 0.251 e. The van der Waals surface area contributed by atoms with Crippen molar-refractivity contribution in [3.8, 4) is 0 Å². The molecule has 0 saturated heterocycles. The number of aliphatic hydroxyl groups is 2. The van der Waals surface area contributed by atoms with Crippen LogP contribution in [0.15, 0.2) is 36.5 Å². The third-order valence-corrected chi connectivity index (χ3v) is 5.13. The van der Waals surface area contributed by atoms with Crippen molar-refractivity contribution in [1.29, 1.82) is 0 Å². The van der Waals surface area contributed by atoms with Crippen molar-refractivity contribution in [3.63, 3.8) is 0 Å². The number of amides is 1. The standard InChI is InChI=1S/C18H22N4O3.ClH/c23-16-13(9-22-10-15(20-21-22)11-6-7-11)8-14(17(16)24)19-18(25)12-4-2-1-3-5-12;/h1-5,10-11,13-14,16-17,23-24H,6-9H2,(H,19,25);1H/t13-,14-,16-,17+;/m1./s1. The normalized spacial score (nSPS) is 27.8. The van der Waals surface area contributed by atoms with Crippen molar-refractivity contribution in [2.24, 2.45) is 5.92 Å². The van der Waals surface area contributed by atoms with Crippen LogP contribution >= 0.6 is 12.4 Å². The van der Waals surface area contributed by atoms with E-state index < -0.39 is 18.2 Å². The Morgan fingerprint density at radius 1 is 1.19 bits per heavy atom. The van der Waals surface area contributed by atoms with Crippen molar-refractivity contribution in [2.45, 2.75) is 50.0 Å². The van der Waals surface area contributed by atoms with Crippen LogP contribution in [0.1, 0.15) is 41.2 Å². The van der Waals surface area contributed by atoms with Crippen LogP contribution in [0.25, 0.3) is 0 Å². The number of benzene rings is 1. The largest absolute Gasteiger partial charge is 0.390 e. The zero-order valence-electron chi connectivity index (χ0n) is 14.2. The third-order valence-electron chi connectivity index (χ3n) is 5.13. The molecule has 1 amide bonds. The number of nitrogens with zero attached hydrogens (tertiary/aromatic N) is 3. The summed E-state index contributed by atoms with van der Waals surface area (Å²) >= 11 is 0. The van der Waals surface area contributed by atoms with Gasteiger partial charge in [0.05, 0.1) is 17.8 Å². The number of aromatic nitrogens is 3. The topological polar surface area (TPSA) is 100 Å². The van der Waals surface area contributed by atoms with Gasteiger partial charge in [-0.25, -0.2) is 0 Å². The van der Waals surface area contributed by atoms with Crippen LogP contribution in [0.3, 0.4) is 0 Å². The number of hydrogen-bond acceptors (Lipinski definition) is 5. The van der Waals surface area contributed by atoms with Gasteiger partial charge in [0.2, 0.25) is 0 Å². The fraction of sp³-hybridized carbons (Fsp3) is 0.500. The summed E-state index contributed by atoms with van der Waals surface area (Å²) in [7, 11) is 0. The predicted octanol–water partition coefficient (Wildman–Crippen LogP) is 1.12. The minimum absolute atomic E-state index is 0. The molecule has 140 valence electrons. The number of rotatable bonds is 5. The van der Waals surface area contributed by atoms with Gasteiger partial charge in [0.15, 0.2) is 0 Å². The molecule has 1 aromatic carbocycles. The molecule has 26 heavy (non-hydrogen) atoms. The molecule has 1 heterocycles. The molecule has 4 rings (SSSR count). The molecule has 0 aliphatic heterocycles. The molecule has 0 radical (unpaired) electrons. The second kappa shape index (κ2) is 7.73. The third kappa shape index (κ3) is 3.90. The molecule has 2 aliphatic rings. The van der Waals surface area contributed by atoms with Crippen LogP contribution in [-0.4, -0.2) is 49.4 Å². The van der Waals surface area contributed by atoms with E-state index in [2.05, 4.69) is 15.6 Å². The van der Waals surface area contributed by atoms with Crippen LogP contribution in [-0.2, 0) is 6.54 Å².